The Bertz CT molecular complexity index is 1050. The molecule has 2 aromatic heterocycles. The maximum Gasteiger partial charge on any atom is 1.00 e. The molecule has 1 aromatic carbocycles. The van der Waals surface area contributed by atoms with Crippen molar-refractivity contribution in [3.05, 3.63) is 72.1 Å². The molecule has 0 bridgehead atoms. The summed E-state index contributed by atoms with van der Waals surface area (Å²) < 4.78 is 44.5. The van der Waals surface area contributed by atoms with Crippen molar-refractivity contribution >= 4 is 5.97 Å². The molecule has 0 aliphatic heterocycles. The van der Waals surface area contributed by atoms with Gasteiger partial charge in [0.05, 0.1) is 17.9 Å². The molecule has 30 heavy (non-hydrogen) atoms. The molecular formula is C18H16F3N5NaO3+. The predicted octanol–water partition coefficient (Wildman–Crippen LogP) is -3.18. The van der Waals surface area contributed by atoms with Gasteiger partial charge in [-0.05, 0) is 6.07 Å². The second kappa shape index (κ2) is 9.65. The van der Waals surface area contributed by atoms with Crippen molar-refractivity contribution in [1.29, 1.82) is 0 Å². The number of hydrogen-bond donors (Lipinski definition) is 1. The number of aromatic nitrogens is 5. The maximum absolute atomic E-state index is 14.6. The number of carboxylic acid groups (broad SMARTS) is 1. The molecule has 3 rings (SSSR count). The van der Waals surface area contributed by atoms with Crippen LogP contribution in [0.25, 0.3) is 0 Å². The summed E-state index contributed by atoms with van der Waals surface area (Å²) in [5.74, 6) is -5.16. The van der Waals surface area contributed by atoms with Gasteiger partial charge in [0.15, 0.2) is 5.82 Å². The van der Waals surface area contributed by atoms with Gasteiger partial charge in [-0.1, -0.05) is 13.0 Å². The first-order valence-corrected chi connectivity index (χ1v) is 8.45. The van der Waals surface area contributed by atoms with E-state index in [1.54, 1.807) is 0 Å². The maximum atomic E-state index is 14.6. The minimum atomic E-state index is -2.11. The van der Waals surface area contributed by atoms with E-state index >= 15 is 0 Å². The number of aliphatic carboxylic acids is 1. The minimum absolute atomic E-state index is 0. The Balaban J connectivity index is 0.00000320. The standard InChI is InChI=1S/C18H16F3N5O3.Na/c1-11(17-15(21)5-22-8-23-17)18(29,13-3-2-12(19)4-14(13)20)7-26-10-25(9-24-26)6-16(27)28;/h2-5,8-11,29H,6-7H2,1H3;/q;+1/t11-,18+;/m0./s1. The molecule has 0 saturated heterocycles. The summed E-state index contributed by atoms with van der Waals surface area (Å²) in [5.41, 5.74) is -2.59. The van der Waals surface area contributed by atoms with Crippen LogP contribution in [-0.2, 0) is 23.5 Å². The molecule has 0 saturated carbocycles. The summed E-state index contributed by atoms with van der Waals surface area (Å²) in [6.07, 6.45) is 4.42. The van der Waals surface area contributed by atoms with Gasteiger partial charge < -0.3 is 15.0 Å². The van der Waals surface area contributed by atoms with E-state index in [-0.39, 0.29) is 40.8 Å². The molecule has 0 fully saturated rings. The number of rotatable bonds is 7. The van der Waals surface area contributed by atoms with Gasteiger partial charge in [0.2, 0.25) is 6.33 Å². The molecule has 0 amide bonds. The number of aliphatic hydroxyl groups is 1. The van der Waals surface area contributed by atoms with E-state index in [1.165, 1.54) is 24.1 Å². The molecule has 0 aliphatic rings. The molecule has 3 aromatic rings. The number of benzene rings is 1. The number of nitrogens with zero attached hydrogens (tertiary/aromatic N) is 5. The Morgan fingerprint density at radius 3 is 2.70 bits per heavy atom. The fourth-order valence-corrected chi connectivity index (χ4v) is 3.09. The molecule has 0 aliphatic carbocycles. The van der Waals surface area contributed by atoms with Gasteiger partial charge in [0, 0.05) is 22.6 Å². The van der Waals surface area contributed by atoms with Crippen LogP contribution in [0.5, 0.6) is 0 Å². The Morgan fingerprint density at radius 2 is 2.07 bits per heavy atom. The number of halogens is 3. The van der Waals surface area contributed by atoms with Crippen LogP contribution in [0.15, 0.2) is 43.4 Å². The second-order valence-corrected chi connectivity index (χ2v) is 6.51. The van der Waals surface area contributed by atoms with Crippen LogP contribution in [-0.4, -0.2) is 30.8 Å². The third kappa shape index (κ3) is 5.04. The number of carbonyl (C=O) groups excluding carboxylic acids is 1. The topological polar surface area (TPSA) is 108 Å². The Labute approximate surface area is 191 Å². The van der Waals surface area contributed by atoms with Gasteiger partial charge in [-0.25, -0.2) is 27.7 Å². The van der Waals surface area contributed by atoms with Gasteiger partial charge >= 0.3 is 29.6 Å². The first-order valence-electron chi connectivity index (χ1n) is 8.45. The third-order valence-corrected chi connectivity index (χ3v) is 4.56. The van der Waals surface area contributed by atoms with Gasteiger partial charge in [-0.15, -0.1) is 4.68 Å². The van der Waals surface area contributed by atoms with E-state index in [9.17, 15) is 28.2 Å². The van der Waals surface area contributed by atoms with Crippen LogP contribution in [0.3, 0.4) is 0 Å². The molecule has 0 spiro atoms. The van der Waals surface area contributed by atoms with Gasteiger partial charge in [0.1, 0.15) is 36.7 Å². The zero-order valence-electron chi connectivity index (χ0n) is 16.2. The molecule has 0 unspecified atom stereocenters. The first-order chi connectivity index (χ1) is 13.7. The van der Waals surface area contributed by atoms with Gasteiger partial charge in [-0.3, -0.25) is 0 Å². The van der Waals surface area contributed by atoms with Crippen LogP contribution >= 0.6 is 0 Å². The molecule has 12 heteroatoms. The number of hydrogen-bond acceptors (Lipinski definition) is 6. The normalized spacial score (nSPS) is 13.9. The average molecular weight is 430 g/mol. The van der Waals surface area contributed by atoms with Crippen LogP contribution < -0.4 is 39.2 Å². The van der Waals surface area contributed by atoms with Crippen molar-refractivity contribution in [1.82, 2.24) is 19.7 Å². The summed E-state index contributed by atoms with van der Waals surface area (Å²) in [4.78, 5) is 18.1. The van der Waals surface area contributed by atoms with Crippen LogP contribution in [0, 0.1) is 17.5 Å². The zero-order chi connectivity index (χ0) is 21.2. The Morgan fingerprint density at radius 1 is 1.33 bits per heavy atom. The van der Waals surface area contributed by atoms with Crippen molar-refractivity contribution < 1.29 is 62.3 Å². The summed E-state index contributed by atoms with van der Waals surface area (Å²) in [6, 6.07) is 2.62. The van der Waals surface area contributed by atoms with Gasteiger partial charge in [-0.2, -0.15) is 0 Å². The predicted molar refractivity (Wildman–Crippen MR) is 88.1 cm³/mol. The summed E-state index contributed by atoms with van der Waals surface area (Å²) in [7, 11) is 0. The van der Waals surface area contributed by atoms with E-state index in [0.29, 0.717) is 6.07 Å². The Hall–Kier alpha value is -2.34. The van der Waals surface area contributed by atoms with E-state index < -0.39 is 48.0 Å². The average Bonchev–Trinajstić information content (AvgIpc) is 3.07. The summed E-state index contributed by atoms with van der Waals surface area (Å²) >= 11 is 0. The second-order valence-electron chi connectivity index (χ2n) is 6.51. The molecular weight excluding hydrogens is 414 g/mol. The number of carbonyl (C=O) groups is 1. The summed E-state index contributed by atoms with van der Waals surface area (Å²) in [6.45, 7) is 0.534. The fraction of sp³-hybridized carbons (Fsp3) is 0.278. The Kier molecular flexibility index (Phi) is 7.70. The quantitative estimate of drug-likeness (QED) is 0.313. The van der Waals surface area contributed by atoms with Crippen molar-refractivity contribution in [2.75, 3.05) is 0 Å². The van der Waals surface area contributed by atoms with Crippen LogP contribution in [0.1, 0.15) is 24.1 Å². The van der Waals surface area contributed by atoms with Gasteiger partial charge in [0.25, 0.3) is 6.33 Å². The molecule has 8 nitrogen and oxygen atoms in total. The fourth-order valence-electron chi connectivity index (χ4n) is 3.09. The van der Waals surface area contributed by atoms with E-state index in [2.05, 4.69) is 15.1 Å². The first kappa shape index (κ1) is 23.9. The van der Waals surface area contributed by atoms with Crippen molar-refractivity contribution in [3.8, 4) is 0 Å². The molecule has 2 atom stereocenters. The minimum Gasteiger partial charge on any atom is -0.547 e. The van der Waals surface area contributed by atoms with E-state index in [0.717, 1.165) is 29.3 Å². The van der Waals surface area contributed by atoms with E-state index in [1.807, 2.05) is 0 Å². The zero-order valence-corrected chi connectivity index (χ0v) is 18.2. The molecule has 152 valence electrons. The summed E-state index contributed by atoms with van der Waals surface area (Å²) in [5, 5.41) is 26.1. The number of carboxylic acids is 1. The van der Waals surface area contributed by atoms with E-state index in [4.69, 9.17) is 0 Å². The largest absolute Gasteiger partial charge is 1.00 e. The van der Waals surface area contributed by atoms with Crippen molar-refractivity contribution in [2.45, 2.75) is 31.5 Å². The monoisotopic (exact) mass is 430 g/mol. The van der Waals surface area contributed by atoms with Crippen LogP contribution in [0.2, 0.25) is 0 Å². The van der Waals surface area contributed by atoms with Crippen LogP contribution in [0.4, 0.5) is 13.2 Å². The SMILES string of the molecule is C[C@@H](c1ncncc1F)[C@](O)(Cn1c[n+](CC(=O)[O-])cn1)c1ccc(F)cc1F.[Na+]. The molecule has 0 radical (unpaired) electrons. The van der Waals surface area contributed by atoms with Crippen molar-refractivity contribution in [3.63, 3.8) is 0 Å². The van der Waals surface area contributed by atoms with Crippen molar-refractivity contribution in [2.24, 2.45) is 0 Å². The molecule has 1 N–H and O–H groups in total. The third-order valence-electron chi connectivity index (χ3n) is 4.56. The molecule has 2 heterocycles. The smallest absolute Gasteiger partial charge is 0.547 e.